The third kappa shape index (κ3) is 8.01. The molecule has 3 aromatic carbocycles. The first kappa shape index (κ1) is 28.1. The van der Waals surface area contributed by atoms with Crippen molar-refractivity contribution in [2.45, 2.75) is 71.8 Å². The minimum Gasteiger partial charge on any atom is -0.486 e. The lowest BCUT2D eigenvalue weighted by Gasteiger charge is -2.22. The average Bonchev–Trinajstić information content (AvgIpc) is 2.83. The van der Waals surface area contributed by atoms with E-state index in [1.54, 1.807) is 12.1 Å². The Morgan fingerprint density at radius 2 is 1.49 bits per heavy atom. The molecule has 0 radical (unpaired) electrons. The van der Waals surface area contributed by atoms with Gasteiger partial charge in [0.15, 0.2) is 5.78 Å². The fraction of sp³-hybridized carbons (Fsp3) is 0.375. The van der Waals surface area contributed by atoms with Gasteiger partial charge in [-0.25, -0.2) is 4.39 Å². The first-order chi connectivity index (χ1) is 17.4. The first-order valence-corrected chi connectivity index (χ1v) is 12.9. The highest BCUT2D eigenvalue weighted by molar-refractivity contribution is 5.96. The van der Waals surface area contributed by atoms with Crippen molar-refractivity contribution < 1.29 is 23.8 Å². The summed E-state index contributed by atoms with van der Waals surface area (Å²) in [5.41, 5.74) is 4.22. The molecule has 3 aromatic rings. The van der Waals surface area contributed by atoms with Gasteiger partial charge in [-0.2, -0.15) is 0 Å². The Morgan fingerprint density at radius 3 is 2.00 bits per heavy atom. The van der Waals surface area contributed by atoms with Crippen LogP contribution in [0.25, 0.3) is 11.1 Å². The summed E-state index contributed by atoms with van der Waals surface area (Å²) in [6.07, 6.45) is 0.319. The van der Waals surface area contributed by atoms with Crippen LogP contribution in [0, 0.1) is 11.7 Å². The number of carboxylic acid groups (broad SMARTS) is 1. The summed E-state index contributed by atoms with van der Waals surface area (Å²) in [6.45, 7) is 10.7. The lowest BCUT2D eigenvalue weighted by Crippen LogP contribution is -2.13. The Bertz CT molecular complexity index is 1210. The van der Waals surface area contributed by atoms with Gasteiger partial charge in [0.2, 0.25) is 0 Å². The molecule has 0 fully saturated rings. The number of ketones is 1. The Labute approximate surface area is 219 Å². The van der Waals surface area contributed by atoms with Crippen LogP contribution in [0.1, 0.15) is 87.9 Å². The normalized spacial score (nSPS) is 12.4. The predicted molar refractivity (Wildman–Crippen MR) is 146 cm³/mol. The van der Waals surface area contributed by atoms with Gasteiger partial charge in [-0.15, -0.1) is 0 Å². The topological polar surface area (TPSA) is 63.6 Å². The highest BCUT2D eigenvalue weighted by atomic mass is 19.1. The van der Waals surface area contributed by atoms with E-state index in [-0.39, 0.29) is 41.9 Å². The van der Waals surface area contributed by atoms with Crippen molar-refractivity contribution in [3.63, 3.8) is 0 Å². The zero-order valence-electron chi connectivity index (χ0n) is 22.4. The lowest BCUT2D eigenvalue weighted by molar-refractivity contribution is -0.137. The van der Waals surface area contributed by atoms with Gasteiger partial charge in [0.25, 0.3) is 0 Å². The predicted octanol–water partition coefficient (Wildman–Crippen LogP) is 8.39. The largest absolute Gasteiger partial charge is 0.486 e. The molecular formula is C32H37FO4. The molecule has 0 amide bonds. The maximum absolute atomic E-state index is 15.1. The summed E-state index contributed by atoms with van der Waals surface area (Å²) in [5, 5.41) is 8.76. The summed E-state index contributed by atoms with van der Waals surface area (Å²) in [7, 11) is 0. The third-order valence-electron chi connectivity index (χ3n) is 6.37. The molecule has 1 atom stereocenters. The summed E-state index contributed by atoms with van der Waals surface area (Å²) in [4.78, 5) is 23.0. The Balaban J connectivity index is 1.75. The maximum Gasteiger partial charge on any atom is 0.303 e. The summed E-state index contributed by atoms with van der Waals surface area (Å²) >= 11 is 0. The maximum atomic E-state index is 15.1. The molecule has 3 rings (SSSR count). The smallest absolute Gasteiger partial charge is 0.303 e. The molecule has 0 aliphatic rings. The van der Waals surface area contributed by atoms with Gasteiger partial charge in [0, 0.05) is 24.0 Å². The number of halogens is 1. The van der Waals surface area contributed by atoms with Crippen LogP contribution in [0.15, 0.2) is 66.7 Å². The van der Waals surface area contributed by atoms with Crippen molar-refractivity contribution in [3.8, 4) is 16.9 Å². The molecular weight excluding hydrogens is 467 g/mol. The monoisotopic (exact) mass is 504 g/mol. The van der Waals surface area contributed by atoms with Gasteiger partial charge < -0.3 is 9.84 Å². The fourth-order valence-electron chi connectivity index (χ4n) is 4.23. The zero-order valence-corrected chi connectivity index (χ0v) is 22.4. The summed E-state index contributed by atoms with van der Waals surface area (Å²) < 4.78 is 21.4. The van der Waals surface area contributed by atoms with Crippen LogP contribution in [0.5, 0.6) is 5.75 Å². The fourth-order valence-corrected chi connectivity index (χ4v) is 4.23. The SMILES string of the molecule is CC(C)CC(Oc1ccc(-c2ccc(C(C)(C)C)cc2)cc1)c1ccc(C(=O)CCCC(=O)O)cc1F. The van der Waals surface area contributed by atoms with E-state index in [9.17, 15) is 9.59 Å². The quantitative estimate of drug-likeness (QED) is 0.266. The van der Waals surface area contributed by atoms with Gasteiger partial charge in [-0.05, 0) is 59.1 Å². The second-order valence-corrected chi connectivity index (χ2v) is 11.0. The molecule has 1 unspecified atom stereocenters. The van der Waals surface area contributed by atoms with Crippen molar-refractivity contribution in [1.82, 2.24) is 0 Å². The Hall–Kier alpha value is -3.47. The number of carbonyl (C=O) groups is 2. The van der Waals surface area contributed by atoms with Crippen molar-refractivity contribution in [2.24, 2.45) is 5.92 Å². The van der Waals surface area contributed by atoms with E-state index in [4.69, 9.17) is 9.84 Å². The molecule has 0 aliphatic carbocycles. The van der Waals surface area contributed by atoms with E-state index < -0.39 is 17.9 Å². The van der Waals surface area contributed by atoms with E-state index in [2.05, 4.69) is 58.9 Å². The molecule has 4 nitrogen and oxygen atoms in total. The van der Waals surface area contributed by atoms with Gasteiger partial charge in [-0.1, -0.05) is 83.1 Å². The molecule has 0 saturated carbocycles. The molecule has 1 N–H and O–H groups in total. The third-order valence-corrected chi connectivity index (χ3v) is 6.37. The lowest BCUT2D eigenvalue weighted by atomic mass is 9.86. The number of benzene rings is 3. The van der Waals surface area contributed by atoms with Gasteiger partial charge >= 0.3 is 5.97 Å². The van der Waals surface area contributed by atoms with E-state index in [1.807, 2.05) is 24.3 Å². The molecule has 0 bridgehead atoms. The molecule has 37 heavy (non-hydrogen) atoms. The number of Topliss-reactive ketones (excluding diaryl/α,β-unsaturated/α-hetero) is 1. The van der Waals surface area contributed by atoms with Crippen LogP contribution in [0.3, 0.4) is 0 Å². The average molecular weight is 505 g/mol. The van der Waals surface area contributed by atoms with Crippen molar-refractivity contribution in [2.75, 3.05) is 0 Å². The van der Waals surface area contributed by atoms with Crippen LogP contribution in [0.2, 0.25) is 0 Å². The molecule has 5 heteroatoms. The number of hydrogen-bond acceptors (Lipinski definition) is 3. The minimum atomic E-state index is -0.950. The highest BCUT2D eigenvalue weighted by Gasteiger charge is 2.21. The van der Waals surface area contributed by atoms with E-state index in [0.29, 0.717) is 17.7 Å². The zero-order chi connectivity index (χ0) is 27.2. The Morgan fingerprint density at radius 1 is 0.892 bits per heavy atom. The van der Waals surface area contributed by atoms with Crippen LogP contribution in [-0.4, -0.2) is 16.9 Å². The van der Waals surface area contributed by atoms with Crippen LogP contribution in [0.4, 0.5) is 4.39 Å². The number of carbonyl (C=O) groups excluding carboxylic acids is 1. The summed E-state index contributed by atoms with van der Waals surface area (Å²) in [6, 6.07) is 20.8. The summed E-state index contributed by atoms with van der Waals surface area (Å²) in [5.74, 6) is -0.796. The number of rotatable bonds is 11. The number of carboxylic acids is 1. The van der Waals surface area contributed by atoms with Crippen LogP contribution in [-0.2, 0) is 10.2 Å². The molecule has 0 aliphatic heterocycles. The van der Waals surface area contributed by atoms with Crippen LogP contribution >= 0.6 is 0 Å². The van der Waals surface area contributed by atoms with E-state index in [0.717, 1.165) is 11.1 Å². The second kappa shape index (κ2) is 12.2. The van der Waals surface area contributed by atoms with Gasteiger partial charge in [0.05, 0.1) is 0 Å². The Kier molecular flexibility index (Phi) is 9.25. The van der Waals surface area contributed by atoms with Gasteiger partial charge in [0.1, 0.15) is 17.7 Å². The number of ether oxygens (including phenoxy) is 1. The van der Waals surface area contributed by atoms with E-state index in [1.165, 1.54) is 11.6 Å². The van der Waals surface area contributed by atoms with Crippen molar-refractivity contribution in [1.29, 1.82) is 0 Å². The van der Waals surface area contributed by atoms with Gasteiger partial charge in [-0.3, -0.25) is 9.59 Å². The van der Waals surface area contributed by atoms with Crippen molar-refractivity contribution >= 4 is 11.8 Å². The molecule has 196 valence electrons. The standard InChI is InChI=1S/C32H37FO4/c1-21(2)19-30(27-18-13-24(20-28(27)33)29(34)7-6-8-31(35)36)37-26-16-11-23(12-17-26)22-9-14-25(15-10-22)32(3,4)5/h9-18,20-21,30H,6-8,19H2,1-5H3,(H,35,36). The molecule has 0 heterocycles. The molecule has 0 aromatic heterocycles. The first-order valence-electron chi connectivity index (χ1n) is 12.9. The number of aliphatic carboxylic acids is 1. The second-order valence-electron chi connectivity index (χ2n) is 11.0. The highest BCUT2D eigenvalue weighted by Crippen LogP contribution is 2.32. The van der Waals surface area contributed by atoms with E-state index >= 15 is 4.39 Å². The molecule has 0 saturated heterocycles. The molecule has 0 spiro atoms. The number of hydrogen-bond donors (Lipinski definition) is 1. The van der Waals surface area contributed by atoms with Crippen molar-refractivity contribution in [3.05, 3.63) is 89.2 Å². The van der Waals surface area contributed by atoms with Crippen LogP contribution < -0.4 is 4.74 Å². The minimum absolute atomic E-state index is 0.0717.